The van der Waals surface area contributed by atoms with E-state index in [-0.39, 0.29) is 17.3 Å². The third-order valence-corrected chi connectivity index (χ3v) is 9.34. The van der Waals surface area contributed by atoms with Crippen molar-refractivity contribution in [1.82, 2.24) is 0 Å². The van der Waals surface area contributed by atoms with Crippen molar-refractivity contribution in [2.45, 2.75) is 38.3 Å². The van der Waals surface area contributed by atoms with Crippen LogP contribution in [0.25, 0.3) is 6.08 Å². The average Bonchev–Trinajstić information content (AvgIpc) is 3.47. The molecule has 214 valence electrons. The standard InChI is InChI=1S/C38H33NO4/c1-23(2)22-24-12-14-27(15-13-24)35(40)34-33(26-16-19-28(43-3)20-17-26)38(36(41)29-9-5-6-10-30(29)37(38)42)32-21-18-25-8-4-7-11-31(25)39(32)34/h4-21,23,32-34H,22H2,1-3H3/t32-,33+,34+/m1/s1. The molecule has 0 bridgehead atoms. The summed E-state index contributed by atoms with van der Waals surface area (Å²) in [5, 5.41) is 0. The van der Waals surface area contributed by atoms with Gasteiger partial charge in [-0.2, -0.15) is 0 Å². The Morgan fingerprint density at radius 1 is 0.837 bits per heavy atom. The number of benzene rings is 4. The zero-order valence-electron chi connectivity index (χ0n) is 24.5. The molecule has 0 radical (unpaired) electrons. The van der Waals surface area contributed by atoms with Crippen molar-refractivity contribution < 1.29 is 19.1 Å². The van der Waals surface area contributed by atoms with Crippen LogP contribution in [0.2, 0.25) is 0 Å². The molecule has 7 rings (SSSR count). The molecule has 1 spiro atoms. The number of para-hydroxylation sites is 1. The smallest absolute Gasteiger partial charge is 0.185 e. The van der Waals surface area contributed by atoms with E-state index in [0.29, 0.717) is 28.4 Å². The minimum atomic E-state index is -1.51. The van der Waals surface area contributed by atoms with Crippen LogP contribution in [0, 0.1) is 11.3 Å². The van der Waals surface area contributed by atoms with Crippen molar-refractivity contribution in [3.05, 3.63) is 137 Å². The molecule has 3 aliphatic rings. The summed E-state index contributed by atoms with van der Waals surface area (Å²) in [6, 6.07) is 28.8. The average molecular weight is 568 g/mol. The Morgan fingerprint density at radius 2 is 1.47 bits per heavy atom. The number of carbonyl (C=O) groups excluding carboxylic acids is 3. The number of fused-ring (bicyclic) bond motifs is 5. The first-order chi connectivity index (χ1) is 20.9. The van der Waals surface area contributed by atoms with Gasteiger partial charge in [0.05, 0.1) is 13.2 Å². The van der Waals surface area contributed by atoms with E-state index in [0.717, 1.165) is 23.2 Å². The van der Waals surface area contributed by atoms with E-state index < -0.39 is 23.4 Å². The second kappa shape index (κ2) is 10.2. The molecular weight excluding hydrogens is 534 g/mol. The summed E-state index contributed by atoms with van der Waals surface area (Å²) in [6.07, 6.45) is 4.86. The Hall–Kier alpha value is -4.77. The Bertz CT molecular complexity index is 1750. The molecule has 0 unspecified atom stereocenters. The maximum absolute atomic E-state index is 14.9. The van der Waals surface area contributed by atoms with E-state index in [1.807, 2.05) is 84.9 Å². The number of anilines is 1. The number of carbonyl (C=O) groups is 3. The van der Waals surface area contributed by atoms with Gasteiger partial charge in [-0.05, 0) is 47.2 Å². The van der Waals surface area contributed by atoms with Gasteiger partial charge < -0.3 is 9.64 Å². The Morgan fingerprint density at radius 3 is 2.09 bits per heavy atom. The first-order valence-corrected chi connectivity index (χ1v) is 14.9. The van der Waals surface area contributed by atoms with Crippen LogP contribution >= 0.6 is 0 Å². The van der Waals surface area contributed by atoms with Crippen LogP contribution in [0.3, 0.4) is 0 Å². The van der Waals surface area contributed by atoms with Gasteiger partial charge in [0.1, 0.15) is 17.2 Å². The lowest BCUT2D eigenvalue weighted by atomic mass is 9.64. The molecule has 0 N–H and O–H groups in total. The third-order valence-electron chi connectivity index (χ3n) is 9.34. The highest BCUT2D eigenvalue weighted by Crippen LogP contribution is 2.61. The zero-order valence-corrected chi connectivity index (χ0v) is 24.5. The fraction of sp³-hybridized carbons (Fsp3) is 0.237. The molecule has 1 aliphatic carbocycles. The number of rotatable bonds is 6. The predicted molar refractivity (Wildman–Crippen MR) is 168 cm³/mol. The van der Waals surface area contributed by atoms with Gasteiger partial charge in [-0.3, -0.25) is 14.4 Å². The highest BCUT2D eigenvalue weighted by molar-refractivity contribution is 6.32. The lowest BCUT2D eigenvalue weighted by molar-refractivity contribution is 0.0666. The van der Waals surface area contributed by atoms with E-state index in [9.17, 15) is 14.4 Å². The molecule has 2 aliphatic heterocycles. The van der Waals surface area contributed by atoms with Gasteiger partial charge in [0.25, 0.3) is 0 Å². The molecular formula is C38H33NO4. The van der Waals surface area contributed by atoms with Gasteiger partial charge in [0.2, 0.25) is 0 Å². The maximum Gasteiger partial charge on any atom is 0.185 e. The molecule has 4 aromatic rings. The molecule has 2 heterocycles. The lowest BCUT2D eigenvalue weighted by Crippen LogP contribution is -2.48. The first kappa shape index (κ1) is 27.1. The number of hydrogen-bond acceptors (Lipinski definition) is 5. The predicted octanol–water partition coefficient (Wildman–Crippen LogP) is 7.21. The van der Waals surface area contributed by atoms with E-state index >= 15 is 0 Å². The summed E-state index contributed by atoms with van der Waals surface area (Å²) in [5.41, 5.74) is 3.61. The molecule has 0 aromatic heterocycles. The van der Waals surface area contributed by atoms with Gasteiger partial charge >= 0.3 is 0 Å². The fourth-order valence-electron chi connectivity index (χ4n) is 7.55. The van der Waals surface area contributed by atoms with Gasteiger partial charge in [0, 0.05) is 28.3 Å². The molecule has 5 nitrogen and oxygen atoms in total. The van der Waals surface area contributed by atoms with Crippen LogP contribution < -0.4 is 9.64 Å². The van der Waals surface area contributed by atoms with Crippen molar-refractivity contribution in [2.75, 3.05) is 12.0 Å². The van der Waals surface area contributed by atoms with Crippen LogP contribution in [0.1, 0.15) is 67.5 Å². The molecule has 5 heteroatoms. The summed E-state index contributed by atoms with van der Waals surface area (Å²) in [7, 11) is 1.60. The number of ether oxygens (including phenoxy) is 1. The van der Waals surface area contributed by atoms with Crippen molar-refractivity contribution in [2.24, 2.45) is 11.3 Å². The lowest BCUT2D eigenvalue weighted by Gasteiger charge is -2.37. The van der Waals surface area contributed by atoms with Crippen LogP contribution in [0.15, 0.2) is 103 Å². The maximum atomic E-state index is 14.9. The van der Waals surface area contributed by atoms with E-state index in [1.54, 1.807) is 31.4 Å². The van der Waals surface area contributed by atoms with Crippen LogP contribution in [0.5, 0.6) is 5.75 Å². The highest BCUT2D eigenvalue weighted by atomic mass is 16.5. The summed E-state index contributed by atoms with van der Waals surface area (Å²) in [4.78, 5) is 46.4. The summed E-state index contributed by atoms with van der Waals surface area (Å²) >= 11 is 0. The number of hydrogen-bond donors (Lipinski definition) is 0. The molecule has 4 aromatic carbocycles. The Kier molecular flexibility index (Phi) is 6.42. The van der Waals surface area contributed by atoms with Crippen molar-refractivity contribution in [3.63, 3.8) is 0 Å². The quantitative estimate of drug-likeness (QED) is 0.182. The largest absolute Gasteiger partial charge is 0.497 e. The van der Waals surface area contributed by atoms with Crippen LogP contribution in [-0.2, 0) is 6.42 Å². The highest BCUT2D eigenvalue weighted by Gasteiger charge is 2.71. The molecule has 3 atom stereocenters. The second-order valence-corrected chi connectivity index (χ2v) is 12.2. The van der Waals surface area contributed by atoms with E-state index in [4.69, 9.17) is 4.74 Å². The fourth-order valence-corrected chi connectivity index (χ4v) is 7.55. The SMILES string of the molecule is COc1ccc([C@H]2[C@@H](C(=O)c3ccc(CC(C)C)cc3)N3c4ccccc4C=C[C@@H]3C23C(=O)c2ccccc2C3=O)cc1. The molecule has 0 amide bonds. The zero-order chi connectivity index (χ0) is 29.9. The van der Waals surface area contributed by atoms with Crippen molar-refractivity contribution >= 4 is 29.1 Å². The second-order valence-electron chi connectivity index (χ2n) is 12.2. The number of ketones is 3. The summed E-state index contributed by atoms with van der Waals surface area (Å²) in [5.74, 6) is -0.148. The van der Waals surface area contributed by atoms with Crippen molar-refractivity contribution in [1.29, 1.82) is 0 Å². The number of nitrogens with zero attached hydrogens (tertiary/aromatic N) is 1. The molecule has 1 saturated heterocycles. The van der Waals surface area contributed by atoms with Gasteiger partial charge in [-0.15, -0.1) is 0 Å². The normalized spacial score (nSPS) is 21.2. The van der Waals surface area contributed by atoms with Crippen LogP contribution in [0.4, 0.5) is 5.69 Å². The summed E-state index contributed by atoms with van der Waals surface area (Å²) in [6.45, 7) is 4.34. The molecule has 0 saturated carbocycles. The van der Waals surface area contributed by atoms with Crippen molar-refractivity contribution in [3.8, 4) is 5.75 Å². The monoisotopic (exact) mass is 567 g/mol. The van der Waals surface area contributed by atoms with Gasteiger partial charge in [-0.1, -0.05) is 105 Å². The first-order valence-electron chi connectivity index (χ1n) is 14.9. The number of Topliss-reactive ketones (excluding diaryl/α,β-unsaturated/α-hetero) is 3. The molecule has 1 fully saturated rings. The van der Waals surface area contributed by atoms with Gasteiger partial charge in [0.15, 0.2) is 17.3 Å². The van der Waals surface area contributed by atoms with E-state index in [2.05, 4.69) is 18.7 Å². The Labute approximate surface area is 251 Å². The molecule has 43 heavy (non-hydrogen) atoms. The van der Waals surface area contributed by atoms with Gasteiger partial charge in [-0.25, -0.2) is 0 Å². The topological polar surface area (TPSA) is 63.7 Å². The summed E-state index contributed by atoms with van der Waals surface area (Å²) < 4.78 is 5.44. The van der Waals surface area contributed by atoms with E-state index in [1.165, 1.54) is 5.56 Å². The third kappa shape index (κ3) is 3.94. The minimum absolute atomic E-state index is 0.111. The number of methoxy groups -OCH3 is 1. The minimum Gasteiger partial charge on any atom is -0.497 e. The Balaban J connectivity index is 1.48. The van der Waals surface area contributed by atoms with Crippen LogP contribution in [-0.4, -0.2) is 36.5 Å².